The minimum Gasteiger partial charge on any atom is -0.484 e. The summed E-state index contributed by atoms with van der Waals surface area (Å²) in [4.78, 5) is 12.7. The molecule has 1 heterocycles. The van der Waals surface area contributed by atoms with Crippen LogP contribution in [0.1, 0.15) is 75.7 Å². The van der Waals surface area contributed by atoms with E-state index in [1.807, 2.05) is 12.1 Å². The number of hydrazone groups is 1. The van der Waals surface area contributed by atoms with Crippen molar-refractivity contribution in [2.75, 3.05) is 6.61 Å². The normalized spacial score (nSPS) is 27.4. The van der Waals surface area contributed by atoms with Crippen molar-refractivity contribution in [1.82, 2.24) is 5.01 Å². The van der Waals surface area contributed by atoms with Gasteiger partial charge in [-0.25, -0.2) is 0 Å². The zero-order valence-corrected chi connectivity index (χ0v) is 17.5. The molecule has 8 heteroatoms. The van der Waals surface area contributed by atoms with Crippen molar-refractivity contribution >= 4 is 11.6 Å². The molecule has 2 saturated carbocycles. The van der Waals surface area contributed by atoms with Crippen molar-refractivity contribution in [2.24, 2.45) is 11.0 Å². The second kappa shape index (κ2) is 8.81. The summed E-state index contributed by atoms with van der Waals surface area (Å²) < 4.78 is 47.1. The molecule has 1 N–H and O–H groups in total. The minimum atomic E-state index is -5.01. The molecule has 1 aromatic carbocycles. The van der Waals surface area contributed by atoms with Gasteiger partial charge in [-0.3, -0.25) is 4.79 Å². The first-order valence-electron chi connectivity index (χ1n) is 11.2. The first-order chi connectivity index (χ1) is 14.8. The molecule has 3 aliphatic rings. The van der Waals surface area contributed by atoms with Crippen LogP contribution in [-0.4, -0.2) is 40.2 Å². The van der Waals surface area contributed by atoms with Gasteiger partial charge in [0.05, 0.1) is 5.92 Å². The lowest BCUT2D eigenvalue weighted by Crippen LogP contribution is -2.61. The second-order valence-electron chi connectivity index (χ2n) is 8.87. The van der Waals surface area contributed by atoms with Crippen molar-refractivity contribution in [1.29, 1.82) is 0 Å². The molecule has 1 aromatic rings. The van der Waals surface area contributed by atoms with E-state index >= 15 is 0 Å². The van der Waals surface area contributed by atoms with E-state index in [0.717, 1.165) is 19.3 Å². The molecule has 2 atom stereocenters. The Morgan fingerprint density at radius 3 is 2.39 bits per heavy atom. The Labute approximate surface area is 180 Å². The van der Waals surface area contributed by atoms with Gasteiger partial charge in [-0.05, 0) is 55.7 Å². The van der Waals surface area contributed by atoms with E-state index in [0.29, 0.717) is 30.9 Å². The fourth-order valence-electron chi connectivity index (χ4n) is 5.12. The predicted octanol–water partition coefficient (Wildman–Crippen LogP) is 5.14. The third-order valence-electron chi connectivity index (χ3n) is 6.84. The third kappa shape index (κ3) is 4.31. The lowest BCUT2D eigenvalue weighted by Gasteiger charge is -2.37. The largest absolute Gasteiger partial charge is 0.484 e. The summed E-state index contributed by atoms with van der Waals surface area (Å²) in [5.74, 6) is -1.28. The van der Waals surface area contributed by atoms with Crippen LogP contribution in [0.2, 0.25) is 0 Å². The Morgan fingerprint density at radius 2 is 1.71 bits per heavy atom. The number of aliphatic hydroxyl groups is 1. The fourth-order valence-corrected chi connectivity index (χ4v) is 5.12. The zero-order chi connectivity index (χ0) is 22.1. The Balaban J connectivity index is 1.44. The van der Waals surface area contributed by atoms with Gasteiger partial charge >= 0.3 is 6.18 Å². The smallest absolute Gasteiger partial charge is 0.439 e. The summed E-state index contributed by atoms with van der Waals surface area (Å²) in [6.07, 6.45) is 3.59. The van der Waals surface area contributed by atoms with E-state index in [1.54, 1.807) is 12.1 Å². The third-order valence-corrected chi connectivity index (χ3v) is 6.84. The molecule has 170 valence electrons. The maximum atomic E-state index is 13.9. The highest BCUT2D eigenvalue weighted by Gasteiger charge is 2.68. The average Bonchev–Trinajstić information content (AvgIpc) is 2.91. The first-order valence-corrected chi connectivity index (χ1v) is 11.2. The van der Waals surface area contributed by atoms with Crippen LogP contribution >= 0.6 is 0 Å². The van der Waals surface area contributed by atoms with Gasteiger partial charge in [0.1, 0.15) is 5.75 Å². The molecule has 31 heavy (non-hydrogen) atoms. The number of hydrogen-bond donors (Lipinski definition) is 1. The van der Waals surface area contributed by atoms with Gasteiger partial charge in [0, 0.05) is 5.71 Å². The van der Waals surface area contributed by atoms with Crippen LogP contribution in [0.25, 0.3) is 0 Å². The molecule has 0 aromatic heterocycles. The van der Waals surface area contributed by atoms with Crippen molar-refractivity contribution in [3.63, 3.8) is 0 Å². The van der Waals surface area contributed by atoms with Crippen molar-refractivity contribution < 1.29 is 27.8 Å². The molecule has 0 bridgehead atoms. The van der Waals surface area contributed by atoms with Crippen LogP contribution in [0.5, 0.6) is 5.75 Å². The number of rotatable bonds is 4. The van der Waals surface area contributed by atoms with E-state index in [1.165, 1.54) is 24.8 Å². The number of fused-ring (bicyclic) bond motifs is 1. The van der Waals surface area contributed by atoms with E-state index < -0.39 is 30.3 Å². The maximum absolute atomic E-state index is 13.9. The summed E-state index contributed by atoms with van der Waals surface area (Å²) >= 11 is 0. The number of ether oxygens (including phenoxy) is 1. The number of alkyl halides is 3. The number of amides is 1. The van der Waals surface area contributed by atoms with Gasteiger partial charge in [-0.1, -0.05) is 44.2 Å². The molecule has 0 radical (unpaired) electrons. The van der Waals surface area contributed by atoms with Crippen molar-refractivity contribution in [2.45, 2.75) is 82.0 Å². The van der Waals surface area contributed by atoms with Gasteiger partial charge in [0.2, 0.25) is 0 Å². The van der Waals surface area contributed by atoms with Crippen LogP contribution in [0.15, 0.2) is 29.4 Å². The summed E-state index contributed by atoms with van der Waals surface area (Å²) in [5, 5.41) is 14.8. The molecule has 1 aliphatic heterocycles. The average molecular weight is 438 g/mol. The number of nitrogens with zero attached hydrogens (tertiary/aromatic N) is 2. The number of benzene rings is 1. The van der Waals surface area contributed by atoms with Crippen LogP contribution in [-0.2, 0) is 4.79 Å². The highest BCUT2D eigenvalue weighted by molar-refractivity contribution is 5.93. The summed E-state index contributed by atoms with van der Waals surface area (Å²) in [6.45, 7) is -0.620. The standard InChI is InChI=1S/C23H29F3N2O3/c24-23(25,26)22(30)19-9-5-2-6-10-20(19)27-28(22)21(29)15-31-18-13-11-17(12-14-18)16-7-3-1-4-8-16/h11-14,16,19,30H,1-10,15H2/t19-,22-/m1/s1. The van der Waals surface area contributed by atoms with E-state index in [9.17, 15) is 23.1 Å². The van der Waals surface area contributed by atoms with E-state index in [4.69, 9.17) is 4.74 Å². The fraction of sp³-hybridized carbons (Fsp3) is 0.652. The molecule has 4 rings (SSSR count). The minimum absolute atomic E-state index is 0.155. The topological polar surface area (TPSA) is 62.1 Å². The Bertz CT molecular complexity index is 818. The lowest BCUT2D eigenvalue weighted by molar-refractivity contribution is -0.317. The van der Waals surface area contributed by atoms with Gasteiger partial charge < -0.3 is 9.84 Å². The van der Waals surface area contributed by atoms with Crippen LogP contribution in [0.3, 0.4) is 0 Å². The first kappa shape index (κ1) is 22.1. The number of carbonyl (C=O) groups excluding carboxylic acids is 1. The molecule has 1 amide bonds. The quantitative estimate of drug-likeness (QED) is 0.708. The molecule has 2 aliphatic carbocycles. The Kier molecular flexibility index (Phi) is 6.28. The number of carbonyl (C=O) groups is 1. The number of hydrogen-bond acceptors (Lipinski definition) is 4. The molecule has 5 nitrogen and oxygen atoms in total. The SMILES string of the molecule is O=C(COc1ccc(C2CCCCC2)cc1)N1N=C2CCCCC[C@H]2[C@@]1(O)C(F)(F)F. The summed E-state index contributed by atoms with van der Waals surface area (Å²) in [6, 6.07) is 7.39. The van der Waals surface area contributed by atoms with Crippen LogP contribution in [0, 0.1) is 5.92 Å². The van der Waals surface area contributed by atoms with Gasteiger partial charge in [0.25, 0.3) is 11.6 Å². The van der Waals surface area contributed by atoms with Crippen molar-refractivity contribution in [3.8, 4) is 5.75 Å². The van der Waals surface area contributed by atoms with Gasteiger partial charge in [-0.15, -0.1) is 0 Å². The summed E-state index contributed by atoms with van der Waals surface area (Å²) in [7, 11) is 0. The Morgan fingerprint density at radius 1 is 1.06 bits per heavy atom. The molecular formula is C23H29F3N2O3. The molecule has 0 spiro atoms. The highest BCUT2D eigenvalue weighted by Crippen LogP contribution is 2.47. The lowest BCUT2D eigenvalue weighted by atomic mass is 9.84. The zero-order valence-electron chi connectivity index (χ0n) is 17.5. The highest BCUT2D eigenvalue weighted by atomic mass is 19.4. The molecule has 0 saturated heterocycles. The monoisotopic (exact) mass is 438 g/mol. The molecular weight excluding hydrogens is 409 g/mol. The van der Waals surface area contributed by atoms with E-state index in [-0.39, 0.29) is 17.1 Å². The maximum Gasteiger partial charge on any atom is 0.439 e. The molecule has 0 unspecified atom stereocenters. The van der Waals surface area contributed by atoms with Gasteiger partial charge in [-0.2, -0.15) is 23.3 Å². The predicted molar refractivity (Wildman–Crippen MR) is 110 cm³/mol. The second-order valence-corrected chi connectivity index (χ2v) is 8.87. The van der Waals surface area contributed by atoms with Crippen molar-refractivity contribution in [3.05, 3.63) is 29.8 Å². The Hall–Kier alpha value is -2.09. The van der Waals surface area contributed by atoms with Gasteiger partial charge in [0.15, 0.2) is 6.61 Å². The number of halogens is 3. The van der Waals surface area contributed by atoms with Crippen LogP contribution < -0.4 is 4.74 Å². The van der Waals surface area contributed by atoms with E-state index in [2.05, 4.69) is 5.10 Å². The molecule has 2 fully saturated rings. The summed E-state index contributed by atoms with van der Waals surface area (Å²) in [5.41, 5.74) is -1.84. The van der Waals surface area contributed by atoms with Crippen LogP contribution in [0.4, 0.5) is 13.2 Å².